The predicted molar refractivity (Wildman–Crippen MR) is 74.9 cm³/mol. The van der Waals surface area contributed by atoms with Crippen LogP contribution in [0.5, 0.6) is 0 Å². The number of hydrogen-bond acceptors (Lipinski definition) is 2. The van der Waals surface area contributed by atoms with Gasteiger partial charge in [-0.25, -0.2) is 4.79 Å². The highest BCUT2D eigenvalue weighted by Gasteiger charge is 2.49. The van der Waals surface area contributed by atoms with Gasteiger partial charge in [0.15, 0.2) is 0 Å². The highest BCUT2D eigenvalue weighted by Crippen LogP contribution is 2.35. The Morgan fingerprint density at radius 3 is 2.21 bits per heavy atom. The van der Waals surface area contributed by atoms with Crippen LogP contribution in [0.15, 0.2) is 0 Å². The van der Waals surface area contributed by atoms with E-state index in [1.165, 1.54) is 0 Å². The molecule has 19 heavy (non-hydrogen) atoms. The maximum absolute atomic E-state index is 12.7. The number of carboxylic acids is 1. The third-order valence-electron chi connectivity index (χ3n) is 4.36. The maximum atomic E-state index is 12.7. The molecule has 1 aliphatic heterocycles. The normalized spacial score (nSPS) is 23.1. The molecular weight excluding hydrogens is 242 g/mol. The fraction of sp³-hybridized carbons (Fsp3) is 0.867. The molecule has 0 aromatic rings. The van der Waals surface area contributed by atoms with Gasteiger partial charge < -0.3 is 10.0 Å². The molecule has 0 radical (unpaired) electrons. The summed E-state index contributed by atoms with van der Waals surface area (Å²) in [5.74, 6) is -0.781. The summed E-state index contributed by atoms with van der Waals surface area (Å²) < 4.78 is 0. The fourth-order valence-electron chi connectivity index (χ4n) is 3.25. The Kier molecular flexibility index (Phi) is 5.83. The topological polar surface area (TPSA) is 57.6 Å². The van der Waals surface area contributed by atoms with Gasteiger partial charge in [-0.05, 0) is 32.1 Å². The summed E-state index contributed by atoms with van der Waals surface area (Å²) in [5, 5.41) is 9.53. The van der Waals surface area contributed by atoms with E-state index in [9.17, 15) is 14.7 Å². The van der Waals surface area contributed by atoms with E-state index < -0.39 is 11.5 Å². The third-order valence-corrected chi connectivity index (χ3v) is 4.36. The Bertz CT molecular complexity index is 323. The molecule has 0 aromatic carbocycles. The van der Waals surface area contributed by atoms with Crippen LogP contribution in [0.1, 0.15) is 65.7 Å². The number of amides is 1. The summed E-state index contributed by atoms with van der Waals surface area (Å²) >= 11 is 0. The number of rotatable bonds is 7. The lowest BCUT2D eigenvalue weighted by Crippen LogP contribution is -2.54. The molecule has 1 heterocycles. The summed E-state index contributed by atoms with van der Waals surface area (Å²) in [5.41, 5.74) is -0.948. The van der Waals surface area contributed by atoms with Gasteiger partial charge in [0.05, 0.1) is 0 Å². The van der Waals surface area contributed by atoms with E-state index in [1.54, 1.807) is 4.90 Å². The third kappa shape index (κ3) is 3.10. The van der Waals surface area contributed by atoms with E-state index in [-0.39, 0.29) is 11.8 Å². The van der Waals surface area contributed by atoms with Crippen molar-refractivity contribution in [3.8, 4) is 0 Å². The van der Waals surface area contributed by atoms with Crippen LogP contribution in [0.25, 0.3) is 0 Å². The summed E-state index contributed by atoms with van der Waals surface area (Å²) in [6, 6.07) is 0. The van der Waals surface area contributed by atoms with Gasteiger partial charge in [-0.2, -0.15) is 0 Å². The molecule has 1 rings (SSSR count). The minimum atomic E-state index is -0.948. The van der Waals surface area contributed by atoms with E-state index in [2.05, 4.69) is 13.8 Å². The quantitative estimate of drug-likeness (QED) is 0.772. The summed E-state index contributed by atoms with van der Waals surface area (Å²) in [6.45, 7) is 6.62. The van der Waals surface area contributed by atoms with Gasteiger partial charge >= 0.3 is 5.97 Å². The molecule has 4 heteroatoms. The first-order valence-corrected chi connectivity index (χ1v) is 7.58. The minimum absolute atomic E-state index is 0.00150. The number of carboxylic acid groups (broad SMARTS) is 1. The minimum Gasteiger partial charge on any atom is -0.479 e. The van der Waals surface area contributed by atoms with E-state index in [0.717, 1.165) is 32.1 Å². The number of hydrogen-bond donors (Lipinski definition) is 1. The second-order valence-electron chi connectivity index (χ2n) is 5.56. The average molecular weight is 269 g/mol. The average Bonchev–Trinajstić information content (AvgIpc) is 2.82. The summed E-state index contributed by atoms with van der Waals surface area (Å²) in [7, 11) is 0. The molecule has 0 aliphatic carbocycles. The smallest absolute Gasteiger partial charge is 0.329 e. The number of aliphatic carboxylic acids is 1. The molecule has 1 amide bonds. The molecule has 1 N–H and O–H groups in total. The van der Waals surface area contributed by atoms with Crippen LogP contribution in [0.3, 0.4) is 0 Å². The van der Waals surface area contributed by atoms with E-state index in [4.69, 9.17) is 0 Å². The van der Waals surface area contributed by atoms with Crippen molar-refractivity contribution in [1.82, 2.24) is 4.90 Å². The lowest BCUT2D eigenvalue weighted by Gasteiger charge is -2.36. The molecule has 0 spiro atoms. The molecule has 1 saturated heterocycles. The Labute approximate surface area is 116 Å². The lowest BCUT2D eigenvalue weighted by molar-refractivity contribution is -0.158. The Morgan fingerprint density at radius 1 is 1.21 bits per heavy atom. The fourth-order valence-corrected chi connectivity index (χ4v) is 3.25. The molecule has 4 nitrogen and oxygen atoms in total. The van der Waals surface area contributed by atoms with Gasteiger partial charge in [-0.3, -0.25) is 4.79 Å². The van der Waals surface area contributed by atoms with Crippen molar-refractivity contribution >= 4 is 11.9 Å². The highest BCUT2D eigenvalue weighted by atomic mass is 16.4. The largest absolute Gasteiger partial charge is 0.479 e. The van der Waals surface area contributed by atoms with Crippen molar-refractivity contribution in [2.75, 3.05) is 6.54 Å². The molecule has 1 unspecified atom stereocenters. The zero-order valence-corrected chi connectivity index (χ0v) is 12.4. The standard InChI is InChI=1S/C15H27NO3/c1-4-8-12(9-5-2)13(17)16-11-7-10-15(16,6-3)14(18)19/h12H,4-11H2,1-3H3,(H,18,19). The van der Waals surface area contributed by atoms with Gasteiger partial charge in [0.1, 0.15) is 5.54 Å². The maximum Gasteiger partial charge on any atom is 0.329 e. The zero-order valence-electron chi connectivity index (χ0n) is 12.4. The summed E-state index contributed by atoms with van der Waals surface area (Å²) in [4.78, 5) is 25.9. The number of carbonyl (C=O) groups is 2. The van der Waals surface area contributed by atoms with Crippen LogP contribution in [0, 0.1) is 5.92 Å². The van der Waals surface area contributed by atoms with Crippen molar-refractivity contribution < 1.29 is 14.7 Å². The first-order valence-electron chi connectivity index (χ1n) is 7.58. The SMILES string of the molecule is CCCC(CCC)C(=O)N1CCCC1(CC)C(=O)O. The second-order valence-corrected chi connectivity index (χ2v) is 5.56. The molecule has 1 fully saturated rings. The Morgan fingerprint density at radius 2 is 1.79 bits per heavy atom. The molecule has 1 aliphatic rings. The van der Waals surface area contributed by atoms with Crippen molar-refractivity contribution in [2.24, 2.45) is 5.92 Å². The van der Waals surface area contributed by atoms with Crippen molar-refractivity contribution in [2.45, 2.75) is 71.3 Å². The van der Waals surface area contributed by atoms with E-state index in [0.29, 0.717) is 19.4 Å². The Balaban J connectivity index is 2.92. The predicted octanol–water partition coefficient (Wildman–Crippen LogP) is 3.06. The monoisotopic (exact) mass is 269 g/mol. The van der Waals surface area contributed by atoms with Gasteiger partial charge in [0.2, 0.25) is 5.91 Å². The zero-order chi connectivity index (χ0) is 14.5. The first kappa shape index (κ1) is 16.0. The van der Waals surface area contributed by atoms with Crippen LogP contribution >= 0.6 is 0 Å². The van der Waals surface area contributed by atoms with Gasteiger partial charge in [-0.15, -0.1) is 0 Å². The molecule has 0 bridgehead atoms. The number of carbonyl (C=O) groups excluding carboxylic acids is 1. The van der Waals surface area contributed by atoms with Crippen LogP contribution < -0.4 is 0 Å². The first-order chi connectivity index (χ1) is 9.03. The molecule has 0 saturated carbocycles. The number of likely N-dealkylation sites (tertiary alicyclic amines) is 1. The van der Waals surface area contributed by atoms with Gasteiger partial charge in [0.25, 0.3) is 0 Å². The summed E-state index contributed by atoms with van der Waals surface area (Å²) in [6.07, 6.45) is 5.56. The van der Waals surface area contributed by atoms with Crippen molar-refractivity contribution in [1.29, 1.82) is 0 Å². The van der Waals surface area contributed by atoms with Crippen molar-refractivity contribution in [3.63, 3.8) is 0 Å². The molecule has 110 valence electrons. The molecule has 0 aromatic heterocycles. The van der Waals surface area contributed by atoms with Crippen LogP contribution in [0.4, 0.5) is 0 Å². The molecular formula is C15H27NO3. The van der Waals surface area contributed by atoms with Gasteiger partial charge in [0, 0.05) is 12.5 Å². The van der Waals surface area contributed by atoms with Crippen molar-refractivity contribution in [3.05, 3.63) is 0 Å². The highest BCUT2D eigenvalue weighted by molar-refractivity contribution is 5.88. The lowest BCUT2D eigenvalue weighted by atomic mass is 9.90. The Hall–Kier alpha value is -1.06. The van der Waals surface area contributed by atoms with Crippen LogP contribution in [-0.2, 0) is 9.59 Å². The van der Waals surface area contributed by atoms with Gasteiger partial charge in [-0.1, -0.05) is 33.6 Å². The van der Waals surface area contributed by atoms with E-state index >= 15 is 0 Å². The second kappa shape index (κ2) is 6.92. The number of nitrogens with zero attached hydrogens (tertiary/aromatic N) is 1. The van der Waals surface area contributed by atoms with Crippen LogP contribution in [-0.4, -0.2) is 34.0 Å². The van der Waals surface area contributed by atoms with E-state index in [1.807, 2.05) is 6.92 Å². The molecule has 1 atom stereocenters. The van der Waals surface area contributed by atoms with Crippen LogP contribution in [0.2, 0.25) is 0 Å².